The van der Waals surface area contributed by atoms with Gasteiger partial charge >= 0.3 is 5.97 Å². The van der Waals surface area contributed by atoms with E-state index in [2.05, 4.69) is 13.8 Å². The minimum Gasteiger partial charge on any atom is -0.508 e. The molecule has 1 amide bonds. The second kappa shape index (κ2) is 11.0. The topological polar surface area (TPSA) is 118 Å². The van der Waals surface area contributed by atoms with E-state index >= 15 is 0 Å². The van der Waals surface area contributed by atoms with Gasteiger partial charge in [0.05, 0.1) is 12.3 Å². The van der Waals surface area contributed by atoms with E-state index in [4.69, 9.17) is 5.11 Å². The number of aliphatic hydroxyl groups excluding tert-OH is 1. The van der Waals surface area contributed by atoms with Crippen LogP contribution in [-0.2, 0) is 16.0 Å². The fourth-order valence-corrected chi connectivity index (χ4v) is 2.37. The van der Waals surface area contributed by atoms with Crippen LogP contribution in [0.25, 0.3) is 0 Å². The van der Waals surface area contributed by atoms with Gasteiger partial charge in [0.1, 0.15) is 11.5 Å². The van der Waals surface area contributed by atoms with Crippen molar-refractivity contribution in [1.29, 1.82) is 0 Å². The highest BCUT2D eigenvalue weighted by Crippen LogP contribution is 2.35. The van der Waals surface area contributed by atoms with Crippen LogP contribution in [0.15, 0.2) is 36.4 Å². The highest BCUT2D eigenvalue weighted by molar-refractivity contribution is 6.02. The molecule has 0 radical (unpaired) electrons. The molecule has 0 saturated heterocycles. The second-order valence-corrected chi connectivity index (χ2v) is 6.49. The van der Waals surface area contributed by atoms with Crippen LogP contribution < -0.4 is 4.90 Å². The quantitative estimate of drug-likeness (QED) is 0.368. The number of nitrogens with zero attached hydrogens (tertiary/aromatic N) is 1. The first kappa shape index (κ1) is 22.2. The van der Waals surface area contributed by atoms with Gasteiger partial charge in [0.25, 0.3) is 5.91 Å². The molecule has 1 rings (SSSR count). The fourth-order valence-electron chi connectivity index (χ4n) is 2.37. The van der Waals surface area contributed by atoms with Gasteiger partial charge in [-0.15, -0.1) is 0 Å². The van der Waals surface area contributed by atoms with Crippen LogP contribution in [0, 0.1) is 5.92 Å². The fraction of sp³-hybridized carbons (Fsp3) is 0.400. The smallest absolute Gasteiger partial charge is 0.303 e. The predicted molar refractivity (Wildman–Crippen MR) is 103 cm³/mol. The molecule has 7 nitrogen and oxygen atoms in total. The van der Waals surface area contributed by atoms with Gasteiger partial charge in [0.2, 0.25) is 0 Å². The minimum absolute atomic E-state index is 0.0450. The summed E-state index contributed by atoms with van der Waals surface area (Å²) in [5, 5.41) is 38.1. The summed E-state index contributed by atoms with van der Waals surface area (Å²) in [7, 11) is 0. The van der Waals surface area contributed by atoms with Gasteiger partial charge in [0.15, 0.2) is 0 Å². The average Bonchev–Trinajstić information content (AvgIpc) is 2.58. The summed E-state index contributed by atoms with van der Waals surface area (Å²) in [6.45, 7) is 3.78. The number of amides is 1. The molecule has 4 N–H and O–H groups in total. The van der Waals surface area contributed by atoms with Gasteiger partial charge in [-0.1, -0.05) is 32.1 Å². The van der Waals surface area contributed by atoms with E-state index in [1.807, 2.05) is 6.08 Å². The zero-order chi connectivity index (χ0) is 20.4. The SMILES string of the molecule is CC(C)C/C=C/C=C/C(=O)N(CCO)c1cc(CCC(=O)O)c(O)cc1O. The zero-order valence-electron chi connectivity index (χ0n) is 15.6. The Bertz CT molecular complexity index is 709. The maximum Gasteiger partial charge on any atom is 0.303 e. The van der Waals surface area contributed by atoms with Crippen LogP contribution in [0.4, 0.5) is 5.69 Å². The van der Waals surface area contributed by atoms with Crippen molar-refractivity contribution in [2.45, 2.75) is 33.1 Å². The number of phenolic OH excluding ortho intramolecular Hbond substituents is 2. The molecular formula is C20H27NO6. The summed E-state index contributed by atoms with van der Waals surface area (Å²) in [5.41, 5.74) is 0.393. The normalized spacial score (nSPS) is 11.6. The molecule has 0 spiro atoms. The number of aryl methyl sites for hydroxylation is 1. The molecule has 0 aliphatic heterocycles. The Hall–Kier alpha value is -2.80. The molecule has 1 aromatic rings. The van der Waals surface area contributed by atoms with Crippen LogP contribution in [0.1, 0.15) is 32.3 Å². The molecule has 0 bridgehead atoms. The van der Waals surface area contributed by atoms with Crippen molar-refractivity contribution < 1.29 is 30.0 Å². The van der Waals surface area contributed by atoms with E-state index in [9.17, 15) is 24.9 Å². The number of benzene rings is 1. The van der Waals surface area contributed by atoms with Gasteiger partial charge in [-0.25, -0.2) is 0 Å². The Balaban J connectivity index is 3.05. The van der Waals surface area contributed by atoms with Gasteiger partial charge in [-0.3, -0.25) is 9.59 Å². The van der Waals surface area contributed by atoms with E-state index in [0.29, 0.717) is 11.5 Å². The van der Waals surface area contributed by atoms with Crippen molar-refractivity contribution in [2.75, 3.05) is 18.1 Å². The Morgan fingerprint density at radius 3 is 2.44 bits per heavy atom. The summed E-state index contributed by atoms with van der Waals surface area (Å²) in [6, 6.07) is 2.43. The molecular weight excluding hydrogens is 350 g/mol. The van der Waals surface area contributed by atoms with Gasteiger partial charge in [-0.05, 0) is 30.4 Å². The Kier molecular flexibility index (Phi) is 9.08. The van der Waals surface area contributed by atoms with E-state index in [1.165, 1.54) is 17.0 Å². The first-order chi connectivity index (χ1) is 12.8. The molecule has 27 heavy (non-hydrogen) atoms. The number of carboxylic acids is 1. The molecule has 7 heteroatoms. The summed E-state index contributed by atoms with van der Waals surface area (Å²) in [6.07, 6.45) is 7.31. The number of hydrogen-bond donors (Lipinski definition) is 4. The van der Waals surface area contributed by atoms with Gasteiger partial charge < -0.3 is 25.3 Å². The number of anilines is 1. The maximum atomic E-state index is 12.5. The average molecular weight is 377 g/mol. The molecule has 0 aliphatic carbocycles. The second-order valence-electron chi connectivity index (χ2n) is 6.49. The first-order valence-corrected chi connectivity index (χ1v) is 8.78. The number of allylic oxidation sites excluding steroid dienone is 3. The number of carbonyl (C=O) groups excluding carboxylic acids is 1. The number of aliphatic hydroxyl groups is 1. The molecule has 1 aromatic carbocycles. The zero-order valence-corrected chi connectivity index (χ0v) is 15.6. The van der Waals surface area contributed by atoms with Crippen molar-refractivity contribution in [2.24, 2.45) is 5.92 Å². The molecule has 0 fully saturated rings. The third kappa shape index (κ3) is 7.53. The lowest BCUT2D eigenvalue weighted by molar-refractivity contribution is -0.137. The predicted octanol–water partition coefficient (Wildman–Crippen LogP) is 2.60. The number of rotatable bonds is 10. The molecule has 0 aliphatic rings. The van der Waals surface area contributed by atoms with Crippen molar-refractivity contribution in [3.63, 3.8) is 0 Å². The third-order valence-corrected chi connectivity index (χ3v) is 3.76. The molecule has 0 atom stereocenters. The van der Waals surface area contributed by atoms with Crippen LogP contribution in [-0.4, -0.2) is 45.5 Å². The number of aromatic hydroxyl groups is 2. The van der Waals surface area contributed by atoms with Crippen LogP contribution >= 0.6 is 0 Å². The van der Waals surface area contributed by atoms with Crippen LogP contribution in [0.3, 0.4) is 0 Å². The summed E-state index contributed by atoms with van der Waals surface area (Å²) in [4.78, 5) is 24.4. The highest BCUT2D eigenvalue weighted by Gasteiger charge is 2.19. The summed E-state index contributed by atoms with van der Waals surface area (Å²) < 4.78 is 0. The number of carboxylic acid groups (broad SMARTS) is 1. The number of aliphatic carboxylic acids is 1. The van der Waals surface area contributed by atoms with Crippen molar-refractivity contribution in [1.82, 2.24) is 0 Å². The van der Waals surface area contributed by atoms with Crippen LogP contribution in [0.5, 0.6) is 11.5 Å². The Labute approximate surface area is 158 Å². The van der Waals surface area contributed by atoms with E-state index < -0.39 is 11.9 Å². The number of hydrogen-bond acceptors (Lipinski definition) is 5. The lowest BCUT2D eigenvalue weighted by Crippen LogP contribution is -2.32. The Morgan fingerprint density at radius 1 is 1.15 bits per heavy atom. The standard InChI is InChI=1S/C20H27NO6/c1-14(2)6-4-3-5-7-19(25)21(10-11-22)16-12-15(8-9-20(26)27)17(23)13-18(16)24/h3-5,7,12-14,22-24H,6,8-11H2,1-2H3,(H,26,27)/b4-3+,7-5+. The molecule has 0 aromatic heterocycles. The summed E-state index contributed by atoms with van der Waals surface area (Å²) >= 11 is 0. The lowest BCUT2D eigenvalue weighted by Gasteiger charge is -2.22. The molecule has 0 unspecified atom stereocenters. The molecule has 0 heterocycles. The van der Waals surface area contributed by atoms with Crippen molar-refractivity contribution in [3.05, 3.63) is 42.0 Å². The highest BCUT2D eigenvalue weighted by atomic mass is 16.4. The van der Waals surface area contributed by atoms with Crippen molar-refractivity contribution in [3.8, 4) is 11.5 Å². The summed E-state index contributed by atoms with van der Waals surface area (Å²) in [5.74, 6) is -1.56. The molecule has 0 saturated carbocycles. The maximum absolute atomic E-state index is 12.5. The first-order valence-electron chi connectivity index (χ1n) is 8.78. The number of phenols is 2. The number of carbonyl (C=O) groups is 2. The van der Waals surface area contributed by atoms with Crippen molar-refractivity contribution >= 4 is 17.6 Å². The monoisotopic (exact) mass is 377 g/mol. The minimum atomic E-state index is -1.02. The van der Waals surface area contributed by atoms with E-state index in [-0.39, 0.29) is 43.2 Å². The Morgan fingerprint density at radius 2 is 1.85 bits per heavy atom. The van der Waals surface area contributed by atoms with E-state index in [1.54, 1.807) is 12.2 Å². The van der Waals surface area contributed by atoms with Gasteiger partial charge in [-0.2, -0.15) is 0 Å². The molecule has 148 valence electrons. The van der Waals surface area contributed by atoms with Gasteiger partial charge in [0, 0.05) is 25.1 Å². The lowest BCUT2D eigenvalue weighted by atomic mass is 10.1. The van der Waals surface area contributed by atoms with E-state index in [0.717, 1.165) is 12.5 Å². The third-order valence-electron chi connectivity index (χ3n) is 3.76. The largest absolute Gasteiger partial charge is 0.508 e. The van der Waals surface area contributed by atoms with Crippen LogP contribution in [0.2, 0.25) is 0 Å².